The van der Waals surface area contributed by atoms with Crippen molar-refractivity contribution in [3.63, 3.8) is 0 Å². The van der Waals surface area contributed by atoms with E-state index in [0.717, 1.165) is 12.1 Å². The highest BCUT2D eigenvalue weighted by molar-refractivity contribution is 6.30. The summed E-state index contributed by atoms with van der Waals surface area (Å²) in [5.41, 5.74) is 1.72. The molecule has 1 heterocycles. The zero-order chi connectivity index (χ0) is 20.8. The van der Waals surface area contributed by atoms with E-state index in [1.165, 1.54) is 0 Å². The first-order valence-corrected chi connectivity index (χ1v) is 10.0. The summed E-state index contributed by atoms with van der Waals surface area (Å²) in [6.07, 6.45) is 0.744. The number of hydrogen-bond donors (Lipinski definition) is 0. The summed E-state index contributed by atoms with van der Waals surface area (Å²) in [7, 11) is 3.93. The fraction of sp³-hybridized carbons (Fsp3) is 0.364. The molecule has 6 nitrogen and oxygen atoms in total. The lowest BCUT2D eigenvalue weighted by Gasteiger charge is -2.22. The van der Waals surface area contributed by atoms with Crippen molar-refractivity contribution in [3.05, 3.63) is 59.1 Å². The summed E-state index contributed by atoms with van der Waals surface area (Å²) in [6.45, 7) is 2.25. The van der Waals surface area contributed by atoms with E-state index in [-0.39, 0.29) is 18.4 Å². The molecule has 0 spiro atoms. The summed E-state index contributed by atoms with van der Waals surface area (Å²) in [6, 6.07) is 14.5. The minimum Gasteiger partial charge on any atom is -0.484 e. The van der Waals surface area contributed by atoms with E-state index in [2.05, 4.69) is 0 Å². The van der Waals surface area contributed by atoms with E-state index in [9.17, 15) is 9.59 Å². The number of carbonyl (C=O) groups excluding carboxylic acids is 2. The first kappa shape index (κ1) is 21.0. The smallest absolute Gasteiger partial charge is 0.260 e. The zero-order valence-corrected chi connectivity index (χ0v) is 17.6. The van der Waals surface area contributed by atoms with E-state index < -0.39 is 0 Å². The van der Waals surface area contributed by atoms with Gasteiger partial charge in [-0.15, -0.1) is 0 Å². The van der Waals surface area contributed by atoms with Gasteiger partial charge in [-0.1, -0.05) is 11.6 Å². The van der Waals surface area contributed by atoms with Crippen LogP contribution >= 0.6 is 11.6 Å². The molecule has 3 rings (SSSR count). The molecule has 29 heavy (non-hydrogen) atoms. The van der Waals surface area contributed by atoms with Crippen LogP contribution in [0.25, 0.3) is 0 Å². The second-order valence-electron chi connectivity index (χ2n) is 7.21. The standard InChI is InChI=1S/C22H26ClN3O3/c1-24(2)19-8-4-17(5-9-19)22(28)26-13-3-12-25(14-15-26)21(27)16-29-20-10-6-18(23)7-11-20/h4-11H,3,12-16H2,1-2H3. The molecular weight excluding hydrogens is 390 g/mol. The lowest BCUT2D eigenvalue weighted by atomic mass is 10.1. The number of amides is 2. The molecule has 1 aliphatic rings. The third-order valence-corrected chi connectivity index (χ3v) is 5.19. The summed E-state index contributed by atoms with van der Waals surface area (Å²) in [5.74, 6) is 0.530. The van der Waals surface area contributed by atoms with Gasteiger partial charge < -0.3 is 19.4 Å². The summed E-state index contributed by atoms with van der Waals surface area (Å²) < 4.78 is 5.56. The molecule has 0 unspecified atom stereocenters. The van der Waals surface area contributed by atoms with Crippen LogP contribution in [0, 0.1) is 0 Å². The van der Waals surface area contributed by atoms with Crippen molar-refractivity contribution in [2.75, 3.05) is 51.8 Å². The van der Waals surface area contributed by atoms with Gasteiger partial charge in [0.2, 0.25) is 0 Å². The third kappa shape index (κ3) is 5.64. The Kier molecular flexibility index (Phi) is 6.99. The van der Waals surface area contributed by atoms with Crippen molar-refractivity contribution in [3.8, 4) is 5.75 Å². The van der Waals surface area contributed by atoms with Gasteiger partial charge in [0.1, 0.15) is 5.75 Å². The minimum atomic E-state index is -0.0791. The molecule has 0 aromatic heterocycles. The molecule has 0 aliphatic carbocycles. The molecule has 0 N–H and O–H groups in total. The Bertz CT molecular complexity index is 837. The minimum absolute atomic E-state index is 0.00187. The van der Waals surface area contributed by atoms with Crippen LogP contribution in [0.5, 0.6) is 5.75 Å². The number of halogens is 1. The Morgan fingerprint density at radius 2 is 1.55 bits per heavy atom. The van der Waals surface area contributed by atoms with Gasteiger partial charge in [-0.25, -0.2) is 0 Å². The molecule has 0 radical (unpaired) electrons. The number of anilines is 1. The van der Waals surface area contributed by atoms with Crippen LogP contribution in [0.3, 0.4) is 0 Å². The Morgan fingerprint density at radius 3 is 2.21 bits per heavy atom. The predicted molar refractivity (Wildman–Crippen MR) is 115 cm³/mol. The van der Waals surface area contributed by atoms with Gasteiger partial charge in [0, 0.05) is 56.5 Å². The summed E-state index contributed by atoms with van der Waals surface area (Å²) >= 11 is 5.85. The van der Waals surface area contributed by atoms with Crippen molar-refractivity contribution in [1.82, 2.24) is 9.80 Å². The van der Waals surface area contributed by atoms with E-state index in [1.807, 2.05) is 48.2 Å². The highest BCUT2D eigenvalue weighted by Gasteiger charge is 2.23. The normalized spacial score (nSPS) is 14.3. The van der Waals surface area contributed by atoms with E-state index in [4.69, 9.17) is 16.3 Å². The first-order valence-electron chi connectivity index (χ1n) is 9.67. The number of rotatable bonds is 5. The monoisotopic (exact) mass is 415 g/mol. The van der Waals surface area contributed by atoms with Gasteiger partial charge in [0.25, 0.3) is 11.8 Å². The average Bonchev–Trinajstić information content (AvgIpc) is 2.99. The van der Waals surface area contributed by atoms with E-state index >= 15 is 0 Å². The van der Waals surface area contributed by atoms with Gasteiger partial charge in [-0.3, -0.25) is 9.59 Å². The number of ether oxygens (including phenoxy) is 1. The molecule has 2 amide bonds. The Labute approximate surface area is 176 Å². The van der Waals surface area contributed by atoms with Crippen molar-refractivity contribution in [2.45, 2.75) is 6.42 Å². The second-order valence-corrected chi connectivity index (χ2v) is 7.65. The maximum Gasteiger partial charge on any atom is 0.260 e. The highest BCUT2D eigenvalue weighted by atomic mass is 35.5. The third-order valence-electron chi connectivity index (χ3n) is 4.94. The Hall–Kier alpha value is -2.73. The Balaban J connectivity index is 1.53. The van der Waals surface area contributed by atoms with Crippen molar-refractivity contribution >= 4 is 29.1 Å². The number of hydrogen-bond acceptors (Lipinski definition) is 4. The highest BCUT2D eigenvalue weighted by Crippen LogP contribution is 2.17. The molecule has 0 bridgehead atoms. The van der Waals surface area contributed by atoms with Gasteiger partial charge in [0.15, 0.2) is 6.61 Å². The number of benzene rings is 2. The molecule has 2 aromatic rings. The number of carbonyl (C=O) groups is 2. The van der Waals surface area contributed by atoms with Gasteiger partial charge >= 0.3 is 0 Å². The molecule has 7 heteroatoms. The Morgan fingerprint density at radius 1 is 0.931 bits per heavy atom. The lowest BCUT2D eigenvalue weighted by molar-refractivity contribution is -0.133. The maximum atomic E-state index is 12.8. The maximum absolute atomic E-state index is 12.8. The fourth-order valence-electron chi connectivity index (χ4n) is 3.22. The molecule has 0 atom stereocenters. The molecule has 1 fully saturated rings. The average molecular weight is 416 g/mol. The molecule has 1 saturated heterocycles. The molecule has 0 saturated carbocycles. The van der Waals surface area contributed by atoms with Crippen LogP contribution < -0.4 is 9.64 Å². The quantitative estimate of drug-likeness (QED) is 0.752. The first-order chi connectivity index (χ1) is 13.9. The van der Waals surface area contributed by atoms with Gasteiger partial charge in [-0.2, -0.15) is 0 Å². The SMILES string of the molecule is CN(C)c1ccc(C(=O)N2CCCN(C(=O)COc3ccc(Cl)cc3)CC2)cc1. The van der Waals surface area contributed by atoms with Crippen LogP contribution in [0.1, 0.15) is 16.8 Å². The second kappa shape index (κ2) is 9.65. The summed E-state index contributed by atoms with van der Waals surface area (Å²) in [5, 5.41) is 0.623. The van der Waals surface area contributed by atoms with Crippen LogP contribution in [-0.2, 0) is 4.79 Å². The van der Waals surface area contributed by atoms with Crippen molar-refractivity contribution in [2.24, 2.45) is 0 Å². The molecule has 154 valence electrons. The fourth-order valence-corrected chi connectivity index (χ4v) is 3.35. The van der Waals surface area contributed by atoms with Crippen molar-refractivity contribution < 1.29 is 14.3 Å². The predicted octanol–water partition coefficient (Wildman–Crippen LogP) is 3.16. The zero-order valence-electron chi connectivity index (χ0n) is 16.8. The van der Waals surface area contributed by atoms with Crippen LogP contribution in [0.15, 0.2) is 48.5 Å². The number of nitrogens with zero attached hydrogens (tertiary/aromatic N) is 3. The molecule has 1 aliphatic heterocycles. The molecule has 2 aromatic carbocycles. The van der Waals surface area contributed by atoms with Crippen LogP contribution in [0.4, 0.5) is 5.69 Å². The van der Waals surface area contributed by atoms with Crippen molar-refractivity contribution in [1.29, 1.82) is 0 Å². The lowest BCUT2D eigenvalue weighted by Crippen LogP contribution is -2.39. The van der Waals surface area contributed by atoms with E-state index in [0.29, 0.717) is 42.5 Å². The van der Waals surface area contributed by atoms with Gasteiger partial charge in [-0.05, 0) is 55.0 Å². The van der Waals surface area contributed by atoms with Gasteiger partial charge in [0.05, 0.1) is 0 Å². The van der Waals surface area contributed by atoms with E-state index in [1.54, 1.807) is 29.2 Å². The van der Waals surface area contributed by atoms with Crippen LogP contribution in [0.2, 0.25) is 5.02 Å². The topological polar surface area (TPSA) is 53.1 Å². The van der Waals surface area contributed by atoms with Crippen LogP contribution in [-0.4, -0.2) is 68.5 Å². The summed E-state index contributed by atoms with van der Waals surface area (Å²) in [4.78, 5) is 30.9. The molecular formula is C22H26ClN3O3. The largest absolute Gasteiger partial charge is 0.484 e.